The van der Waals surface area contributed by atoms with Crippen LogP contribution in [0.2, 0.25) is 0 Å². The van der Waals surface area contributed by atoms with E-state index < -0.39 is 5.82 Å². The summed E-state index contributed by atoms with van der Waals surface area (Å²) in [4.78, 5) is 13.7. The van der Waals surface area contributed by atoms with Gasteiger partial charge in [0.2, 0.25) is 5.91 Å². The first kappa shape index (κ1) is 16.4. The molecule has 1 heterocycles. The van der Waals surface area contributed by atoms with Crippen LogP contribution in [0.15, 0.2) is 28.6 Å². The molecular weight excluding hydrogens is 323 g/mol. The first-order valence-corrected chi connectivity index (χ1v) is 8.26. The van der Waals surface area contributed by atoms with Crippen LogP contribution in [-0.2, 0) is 4.79 Å². The summed E-state index contributed by atoms with van der Waals surface area (Å²) in [5.41, 5.74) is 0.191. The molecule has 5 nitrogen and oxygen atoms in total. The highest BCUT2D eigenvalue weighted by atomic mass is 32.2. The summed E-state index contributed by atoms with van der Waals surface area (Å²) in [6.07, 6.45) is 0.142. The van der Waals surface area contributed by atoms with Crippen molar-refractivity contribution in [2.24, 2.45) is 0 Å². The molecule has 0 aliphatic carbocycles. The lowest BCUT2D eigenvalue weighted by atomic mass is 10.2. The quantitative estimate of drug-likeness (QED) is 0.758. The lowest BCUT2D eigenvalue weighted by Gasteiger charge is -2.21. The third-order valence-electron chi connectivity index (χ3n) is 2.72. The van der Waals surface area contributed by atoms with E-state index in [1.165, 1.54) is 40.1 Å². The molecule has 0 radical (unpaired) electrons. The molecule has 0 bridgehead atoms. The van der Waals surface area contributed by atoms with E-state index in [0.717, 1.165) is 5.01 Å². The Morgan fingerprint density at radius 2 is 2.23 bits per heavy atom. The topological polar surface area (TPSA) is 69.9 Å². The Hall–Kier alpha value is -1.98. The average molecular weight is 336 g/mol. The molecule has 1 aromatic carbocycles. The number of halogens is 1. The minimum Gasteiger partial charge on any atom is -0.308 e. The Morgan fingerprint density at radius 3 is 2.86 bits per heavy atom. The van der Waals surface area contributed by atoms with Crippen molar-refractivity contribution in [2.45, 2.75) is 17.7 Å². The Labute approximate surface area is 135 Å². The van der Waals surface area contributed by atoms with Crippen molar-refractivity contribution in [3.8, 4) is 6.07 Å². The zero-order valence-electron chi connectivity index (χ0n) is 11.8. The van der Waals surface area contributed by atoms with Crippen LogP contribution in [0.25, 0.3) is 0 Å². The first-order valence-electron chi connectivity index (χ1n) is 6.46. The lowest BCUT2D eigenvalue weighted by molar-refractivity contribution is -0.116. The summed E-state index contributed by atoms with van der Waals surface area (Å²) in [5.74, 6) is -0.627. The maximum atomic E-state index is 13.9. The van der Waals surface area contributed by atoms with Gasteiger partial charge in [0, 0.05) is 6.54 Å². The maximum absolute atomic E-state index is 13.9. The van der Waals surface area contributed by atoms with Gasteiger partial charge in [-0.05, 0) is 19.1 Å². The van der Waals surface area contributed by atoms with Crippen molar-refractivity contribution >= 4 is 34.7 Å². The van der Waals surface area contributed by atoms with Gasteiger partial charge in [-0.3, -0.25) is 4.79 Å². The van der Waals surface area contributed by atoms with Crippen molar-refractivity contribution in [2.75, 3.05) is 17.2 Å². The van der Waals surface area contributed by atoms with Crippen LogP contribution in [-0.4, -0.2) is 28.4 Å². The molecule has 0 aliphatic heterocycles. The van der Waals surface area contributed by atoms with E-state index in [-0.39, 0.29) is 30.3 Å². The molecular formula is C14H13FN4OS2. The fraction of sp³-hybridized carbons (Fsp3) is 0.286. The fourth-order valence-corrected chi connectivity index (χ4v) is 3.44. The van der Waals surface area contributed by atoms with Crippen LogP contribution in [0.4, 0.5) is 10.1 Å². The van der Waals surface area contributed by atoms with Gasteiger partial charge in [-0.15, -0.1) is 10.2 Å². The Balaban J connectivity index is 2.09. The number of amides is 1. The SMILES string of the molecule is Cc1nnc(SCC(=O)N(CCC#N)c2ccccc2F)s1. The lowest BCUT2D eigenvalue weighted by Crippen LogP contribution is -2.34. The number of para-hydroxylation sites is 1. The van der Waals surface area contributed by atoms with E-state index in [4.69, 9.17) is 5.26 Å². The third-order valence-corrected chi connectivity index (χ3v) is 4.67. The number of aromatic nitrogens is 2. The number of hydrogen-bond donors (Lipinski definition) is 0. The first-order chi connectivity index (χ1) is 10.6. The molecule has 0 fully saturated rings. The zero-order valence-corrected chi connectivity index (χ0v) is 13.5. The van der Waals surface area contributed by atoms with Crippen molar-refractivity contribution in [1.29, 1.82) is 5.26 Å². The standard InChI is InChI=1S/C14H13FN4OS2/c1-10-17-18-14(22-10)21-9-13(20)19(8-4-7-16)12-6-3-2-5-11(12)15/h2-3,5-6H,4,8-9H2,1H3. The Kier molecular flexibility index (Phi) is 5.86. The molecule has 1 amide bonds. The van der Waals surface area contributed by atoms with E-state index in [0.29, 0.717) is 4.34 Å². The van der Waals surface area contributed by atoms with Gasteiger partial charge in [-0.25, -0.2) is 4.39 Å². The molecule has 0 unspecified atom stereocenters. The number of benzene rings is 1. The predicted octanol–water partition coefficient (Wildman–Crippen LogP) is 3.02. The number of carbonyl (C=O) groups excluding carboxylic acids is 1. The summed E-state index contributed by atoms with van der Waals surface area (Å²) in [6, 6.07) is 8.02. The molecule has 0 saturated heterocycles. The van der Waals surface area contributed by atoms with E-state index >= 15 is 0 Å². The molecule has 0 N–H and O–H groups in total. The summed E-state index contributed by atoms with van der Waals surface area (Å²) in [7, 11) is 0. The number of rotatable bonds is 6. The van der Waals surface area contributed by atoms with Crippen LogP contribution in [0.1, 0.15) is 11.4 Å². The second-order valence-electron chi connectivity index (χ2n) is 4.28. The molecule has 1 aromatic heterocycles. The van der Waals surface area contributed by atoms with Gasteiger partial charge in [-0.2, -0.15) is 5.26 Å². The molecule has 2 rings (SSSR count). The molecule has 0 atom stereocenters. The fourth-order valence-electron chi connectivity index (χ4n) is 1.75. The van der Waals surface area contributed by atoms with Gasteiger partial charge < -0.3 is 4.90 Å². The van der Waals surface area contributed by atoms with Gasteiger partial charge in [-0.1, -0.05) is 35.2 Å². The second kappa shape index (κ2) is 7.87. The Morgan fingerprint density at radius 1 is 1.45 bits per heavy atom. The number of aryl methyl sites for hydroxylation is 1. The minimum absolute atomic E-state index is 0.119. The van der Waals surface area contributed by atoms with Crippen molar-refractivity contribution in [3.63, 3.8) is 0 Å². The summed E-state index contributed by atoms with van der Waals surface area (Å²) in [5, 5.41) is 17.4. The summed E-state index contributed by atoms with van der Waals surface area (Å²) < 4.78 is 14.6. The smallest absolute Gasteiger partial charge is 0.237 e. The number of nitrogens with zero attached hydrogens (tertiary/aromatic N) is 4. The van der Waals surface area contributed by atoms with E-state index in [1.54, 1.807) is 12.1 Å². The Bertz CT molecular complexity index is 698. The molecule has 0 saturated carbocycles. The highest BCUT2D eigenvalue weighted by molar-refractivity contribution is 8.01. The van der Waals surface area contributed by atoms with Crippen molar-refractivity contribution in [3.05, 3.63) is 35.1 Å². The number of carbonyl (C=O) groups is 1. The largest absolute Gasteiger partial charge is 0.308 e. The van der Waals surface area contributed by atoms with Crippen LogP contribution >= 0.6 is 23.1 Å². The predicted molar refractivity (Wildman–Crippen MR) is 84.4 cm³/mol. The monoisotopic (exact) mass is 336 g/mol. The maximum Gasteiger partial charge on any atom is 0.237 e. The van der Waals surface area contributed by atoms with Gasteiger partial charge in [0.15, 0.2) is 4.34 Å². The number of anilines is 1. The zero-order chi connectivity index (χ0) is 15.9. The number of thioether (sulfide) groups is 1. The number of nitriles is 1. The van der Waals surface area contributed by atoms with Gasteiger partial charge in [0.05, 0.1) is 23.9 Å². The number of hydrogen-bond acceptors (Lipinski definition) is 6. The van der Waals surface area contributed by atoms with E-state index in [9.17, 15) is 9.18 Å². The van der Waals surface area contributed by atoms with Crippen LogP contribution < -0.4 is 4.90 Å². The van der Waals surface area contributed by atoms with E-state index in [1.807, 2.05) is 13.0 Å². The van der Waals surface area contributed by atoms with Crippen molar-refractivity contribution < 1.29 is 9.18 Å². The summed E-state index contributed by atoms with van der Waals surface area (Å²) >= 11 is 2.66. The molecule has 22 heavy (non-hydrogen) atoms. The second-order valence-corrected chi connectivity index (χ2v) is 6.68. The molecule has 0 spiro atoms. The summed E-state index contributed by atoms with van der Waals surface area (Å²) in [6.45, 7) is 1.99. The molecule has 0 aliphatic rings. The van der Waals surface area contributed by atoms with E-state index in [2.05, 4.69) is 10.2 Å². The molecule has 2 aromatic rings. The molecule has 8 heteroatoms. The van der Waals surface area contributed by atoms with Gasteiger partial charge >= 0.3 is 0 Å². The van der Waals surface area contributed by atoms with Gasteiger partial charge in [0.1, 0.15) is 10.8 Å². The van der Waals surface area contributed by atoms with Crippen molar-refractivity contribution in [1.82, 2.24) is 10.2 Å². The highest BCUT2D eigenvalue weighted by Gasteiger charge is 2.19. The average Bonchev–Trinajstić information content (AvgIpc) is 2.93. The molecule has 114 valence electrons. The third kappa shape index (κ3) is 4.26. The highest BCUT2D eigenvalue weighted by Crippen LogP contribution is 2.24. The van der Waals surface area contributed by atoms with Crippen LogP contribution in [0, 0.1) is 24.1 Å². The van der Waals surface area contributed by atoms with Gasteiger partial charge in [0.25, 0.3) is 0 Å². The van der Waals surface area contributed by atoms with Crippen LogP contribution in [0.3, 0.4) is 0 Å². The minimum atomic E-state index is -0.481. The van der Waals surface area contributed by atoms with Crippen LogP contribution in [0.5, 0.6) is 0 Å². The normalized spacial score (nSPS) is 10.2.